The Morgan fingerprint density at radius 3 is 2.22 bits per heavy atom. The van der Waals surface area contributed by atoms with Gasteiger partial charge in [-0.05, 0) is 43.3 Å². The maximum absolute atomic E-state index is 13.0. The van der Waals surface area contributed by atoms with Crippen LogP contribution in [-0.4, -0.2) is 27.5 Å². The van der Waals surface area contributed by atoms with Crippen LogP contribution in [0.5, 0.6) is 5.75 Å². The number of hydrogen-bond donors (Lipinski definition) is 2. The van der Waals surface area contributed by atoms with Crippen LogP contribution in [0, 0.1) is 0 Å². The van der Waals surface area contributed by atoms with Crippen LogP contribution in [0.3, 0.4) is 0 Å². The Balaban J connectivity index is 2.14. The summed E-state index contributed by atoms with van der Waals surface area (Å²) in [4.78, 5) is 12.1. The largest absolute Gasteiger partial charge is 0.497 e. The van der Waals surface area contributed by atoms with Gasteiger partial charge in [0.05, 0.1) is 29.3 Å². The van der Waals surface area contributed by atoms with Gasteiger partial charge in [-0.15, -0.1) is 0 Å². The predicted octanol–water partition coefficient (Wildman–Crippen LogP) is 3.02. The molecule has 0 fully saturated rings. The molecule has 1 atom stereocenters. The van der Waals surface area contributed by atoms with Crippen molar-refractivity contribution in [3.8, 4) is 5.75 Å². The average Bonchev–Trinajstić information content (AvgIpc) is 2.61. The Bertz CT molecular complexity index is 913. The smallest absolute Gasteiger partial charge is 0.418 e. The number of nitrogens with one attached hydrogen (secondary N) is 2. The fourth-order valence-electron chi connectivity index (χ4n) is 2.19. The fourth-order valence-corrected chi connectivity index (χ4v) is 3.39. The number of carbonyl (C=O) groups excluding carboxylic acids is 1. The van der Waals surface area contributed by atoms with Gasteiger partial charge in [-0.3, -0.25) is 4.79 Å². The molecule has 146 valence electrons. The van der Waals surface area contributed by atoms with Crippen LogP contribution >= 0.6 is 0 Å². The van der Waals surface area contributed by atoms with Crippen molar-refractivity contribution in [2.24, 2.45) is 0 Å². The molecule has 2 N–H and O–H groups in total. The van der Waals surface area contributed by atoms with Crippen molar-refractivity contribution in [3.05, 3.63) is 54.1 Å². The van der Waals surface area contributed by atoms with Gasteiger partial charge in [0.15, 0.2) is 0 Å². The number of rotatable bonds is 6. The summed E-state index contributed by atoms with van der Waals surface area (Å²) in [5, 5.41) is 2.10. The van der Waals surface area contributed by atoms with Crippen molar-refractivity contribution in [1.29, 1.82) is 0 Å². The molecule has 6 nitrogen and oxygen atoms in total. The van der Waals surface area contributed by atoms with Gasteiger partial charge in [0.25, 0.3) is 0 Å². The van der Waals surface area contributed by atoms with Gasteiger partial charge in [0, 0.05) is 0 Å². The third-order valence-electron chi connectivity index (χ3n) is 3.59. The van der Waals surface area contributed by atoms with Gasteiger partial charge in [-0.1, -0.05) is 12.1 Å². The van der Waals surface area contributed by atoms with Gasteiger partial charge in [-0.25, -0.2) is 8.42 Å². The van der Waals surface area contributed by atoms with Crippen LogP contribution in [0.15, 0.2) is 53.4 Å². The highest BCUT2D eigenvalue weighted by Gasteiger charge is 2.34. The second kappa shape index (κ2) is 7.97. The number of hydrogen-bond acceptors (Lipinski definition) is 4. The summed E-state index contributed by atoms with van der Waals surface area (Å²) in [6, 6.07) is 8.55. The maximum Gasteiger partial charge on any atom is 0.418 e. The van der Waals surface area contributed by atoms with E-state index in [1.807, 2.05) is 0 Å². The number of para-hydroxylation sites is 1. The van der Waals surface area contributed by atoms with Crippen molar-refractivity contribution in [2.75, 3.05) is 12.4 Å². The number of methoxy groups -OCH3 is 1. The molecule has 2 aromatic carbocycles. The lowest BCUT2D eigenvalue weighted by Gasteiger charge is -2.17. The highest BCUT2D eigenvalue weighted by molar-refractivity contribution is 7.89. The third-order valence-corrected chi connectivity index (χ3v) is 5.14. The molecule has 0 spiro atoms. The second-order valence-corrected chi connectivity index (χ2v) is 7.27. The molecule has 10 heteroatoms. The Hall–Kier alpha value is -2.59. The molecule has 0 aliphatic carbocycles. The Labute approximate surface area is 154 Å². The molecule has 0 bridgehead atoms. The molecule has 0 saturated heterocycles. The van der Waals surface area contributed by atoms with Crippen molar-refractivity contribution in [1.82, 2.24) is 4.72 Å². The number of carbonyl (C=O) groups is 1. The van der Waals surface area contributed by atoms with Crippen molar-refractivity contribution < 1.29 is 31.1 Å². The minimum absolute atomic E-state index is 0.112. The first-order valence-corrected chi connectivity index (χ1v) is 9.16. The first kappa shape index (κ1) is 20.7. The monoisotopic (exact) mass is 402 g/mol. The molecule has 2 rings (SSSR count). The zero-order valence-electron chi connectivity index (χ0n) is 14.4. The minimum atomic E-state index is -4.66. The van der Waals surface area contributed by atoms with Crippen LogP contribution in [0.1, 0.15) is 12.5 Å². The first-order valence-electron chi connectivity index (χ1n) is 7.68. The second-order valence-electron chi connectivity index (χ2n) is 5.55. The lowest BCUT2D eigenvalue weighted by atomic mass is 10.1. The van der Waals surface area contributed by atoms with Crippen LogP contribution in [0.4, 0.5) is 18.9 Å². The van der Waals surface area contributed by atoms with E-state index in [9.17, 15) is 26.4 Å². The zero-order valence-corrected chi connectivity index (χ0v) is 15.2. The molecular weight excluding hydrogens is 385 g/mol. The Kier molecular flexibility index (Phi) is 6.11. The van der Waals surface area contributed by atoms with Crippen LogP contribution in [-0.2, 0) is 21.0 Å². The molecule has 2 aromatic rings. The maximum atomic E-state index is 13.0. The van der Waals surface area contributed by atoms with E-state index in [0.717, 1.165) is 12.1 Å². The molecule has 0 heterocycles. The van der Waals surface area contributed by atoms with Gasteiger partial charge in [0.1, 0.15) is 5.75 Å². The summed E-state index contributed by atoms with van der Waals surface area (Å²) in [6.07, 6.45) is -4.66. The summed E-state index contributed by atoms with van der Waals surface area (Å²) < 4.78 is 70.6. The molecule has 0 aliphatic rings. The van der Waals surface area contributed by atoms with E-state index in [2.05, 4.69) is 10.0 Å². The van der Waals surface area contributed by atoms with Crippen molar-refractivity contribution in [3.63, 3.8) is 0 Å². The van der Waals surface area contributed by atoms with E-state index < -0.39 is 39.4 Å². The van der Waals surface area contributed by atoms with E-state index in [1.54, 1.807) is 0 Å². The lowest BCUT2D eigenvalue weighted by Crippen LogP contribution is -2.41. The Morgan fingerprint density at radius 2 is 1.67 bits per heavy atom. The molecule has 0 aromatic heterocycles. The molecule has 0 unspecified atom stereocenters. The molecule has 27 heavy (non-hydrogen) atoms. The topological polar surface area (TPSA) is 84.5 Å². The zero-order chi connectivity index (χ0) is 20.2. The third kappa shape index (κ3) is 5.20. The quantitative estimate of drug-likeness (QED) is 0.778. The number of alkyl halides is 3. The summed E-state index contributed by atoms with van der Waals surface area (Å²) in [5.74, 6) is -0.479. The summed E-state index contributed by atoms with van der Waals surface area (Å²) in [5.41, 5.74) is -1.48. The van der Waals surface area contributed by atoms with E-state index >= 15 is 0 Å². The normalized spacial score (nSPS) is 13.1. The van der Waals surface area contributed by atoms with Crippen LogP contribution in [0.2, 0.25) is 0 Å². The van der Waals surface area contributed by atoms with E-state index in [0.29, 0.717) is 5.75 Å². The number of benzene rings is 2. The van der Waals surface area contributed by atoms with E-state index in [4.69, 9.17) is 4.74 Å². The van der Waals surface area contributed by atoms with Gasteiger partial charge in [-0.2, -0.15) is 17.9 Å². The minimum Gasteiger partial charge on any atom is -0.497 e. The molecule has 0 radical (unpaired) electrons. The molecule has 0 aliphatic heterocycles. The van der Waals surface area contributed by atoms with Crippen LogP contribution < -0.4 is 14.8 Å². The summed E-state index contributed by atoms with van der Waals surface area (Å²) in [7, 11) is -2.63. The number of ether oxygens (including phenoxy) is 1. The van der Waals surface area contributed by atoms with Crippen molar-refractivity contribution in [2.45, 2.75) is 24.0 Å². The standard InChI is InChI=1S/C17H17F3N2O4S/c1-11(22-27(24,25)13-9-7-12(26-2)8-10-13)16(23)21-15-6-4-3-5-14(15)17(18,19)20/h3-11,22H,1-2H3,(H,21,23)/t11-/m1/s1. The van der Waals surface area contributed by atoms with E-state index in [-0.39, 0.29) is 4.90 Å². The molecule has 1 amide bonds. The van der Waals surface area contributed by atoms with Gasteiger partial charge >= 0.3 is 6.18 Å². The number of anilines is 1. The van der Waals surface area contributed by atoms with Gasteiger partial charge < -0.3 is 10.1 Å². The molecular formula is C17H17F3N2O4S. The average molecular weight is 402 g/mol. The Morgan fingerprint density at radius 1 is 1.07 bits per heavy atom. The predicted molar refractivity (Wildman–Crippen MR) is 92.9 cm³/mol. The number of halogens is 3. The SMILES string of the molecule is COc1ccc(S(=O)(=O)N[C@H](C)C(=O)Nc2ccccc2C(F)(F)F)cc1. The van der Waals surface area contributed by atoms with Crippen LogP contribution in [0.25, 0.3) is 0 Å². The number of amides is 1. The number of sulfonamides is 1. The van der Waals surface area contributed by atoms with Gasteiger partial charge in [0.2, 0.25) is 15.9 Å². The lowest BCUT2D eigenvalue weighted by molar-refractivity contribution is -0.137. The fraction of sp³-hybridized carbons (Fsp3) is 0.235. The highest BCUT2D eigenvalue weighted by atomic mass is 32.2. The van der Waals surface area contributed by atoms with Crippen molar-refractivity contribution >= 4 is 21.6 Å². The van der Waals surface area contributed by atoms with E-state index in [1.165, 1.54) is 50.4 Å². The molecule has 0 saturated carbocycles. The summed E-state index contributed by atoms with van der Waals surface area (Å²) in [6.45, 7) is 1.23. The summed E-state index contributed by atoms with van der Waals surface area (Å²) >= 11 is 0. The highest BCUT2D eigenvalue weighted by Crippen LogP contribution is 2.34. The first-order chi connectivity index (χ1) is 12.5.